The average Bonchev–Trinajstić information content (AvgIpc) is 2.93. The molecule has 3 rings (SSSR count). The predicted molar refractivity (Wildman–Crippen MR) is 79.9 cm³/mol. The molecule has 1 fully saturated rings. The van der Waals surface area contributed by atoms with Gasteiger partial charge in [0.05, 0.1) is 0 Å². The van der Waals surface area contributed by atoms with Crippen molar-refractivity contribution < 1.29 is 13.6 Å². The molecule has 1 N–H and O–H groups in total. The summed E-state index contributed by atoms with van der Waals surface area (Å²) < 4.78 is 19.3. The smallest absolute Gasteiger partial charge is 0.204 e. The number of ketones is 1. The molecule has 1 aliphatic rings. The highest BCUT2D eigenvalue weighted by molar-refractivity contribution is 6.01. The Morgan fingerprint density at radius 3 is 2.81 bits per heavy atom. The van der Waals surface area contributed by atoms with Crippen LogP contribution in [0.2, 0.25) is 0 Å². The molecule has 0 bridgehead atoms. The second kappa shape index (κ2) is 5.60. The van der Waals surface area contributed by atoms with Gasteiger partial charge in [-0.05, 0) is 44.5 Å². The summed E-state index contributed by atoms with van der Waals surface area (Å²) in [5, 5.41) is 3.95. The van der Waals surface area contributed by atoms with E-state index in [4.69, 9.17) is 4.42 Å². The number of hydrogen-bond acceptors (Lipinski definition) is 3. The Morgan fingerprint density at radius 1 is 1.38 bits per heavy atom. The summed E-state index contributed by atoms with van der Waals surface area (Å²) in [4.78, 5) is 12.9. The number of rotatable bonds is 4. The molecule has 21 heavy (non-hydrogen) atoms. The third-order valence-electron chi connectivity index (χ3n) is 4.49. The highest BCUT2D eigenvalue weighted by atomic mass is 19.1. The Labute approximate surface area is 123 Å². The van der Waals surface area contributed by atoms with Crippen molar-refractivity contribution in [2.45, 2.75) is 32.6 Å². The number of furan rings is 1. The third kappa shape index (κ3) is 2.48. The SMILES string of the molecule is CCCC1(C(=O)c2cc3cccc(F)c3o2)CCNCC1. The number of carbonyl (C=O) groups is 1. The number of nitrogens with one attached hydrogen (secondary N) is 1. The summed E-state index contributed by atoms with van der Waals surface area (Å²) in [6, 6.07) is 6.44. The van der Waals surface area contributed by atoms with E-state index in [2.05, 4.69) is 12.2 Å². The van der Waals surface area contributed by atoms with Crippen molar-refractivity contribution in [1.29, 1.82) is 0 Å². The van der Waals surface area contributed by atoms with Crippen molar-refractivity contribution in [3.05, 3.63) is 35.8 Å². The Bertz CT molecular complexity index is 650. The van der Waals surface area contributed by atoms with Gasteiger partial charge in [-0.25, -0.2) is 4.39 Å². The van der Waals surface area contributed by atoms with Crippen LogP contribution in [0.1, 0.15) is 43.2 Å². The summed E-state index contributed by atoms with van der Waals surface area (Å²) in [5.74, 6) is -0.0895. The van der Waals surface area contributed by atoms with Gasteiger partial charge in [0.2, 0.25) is 5.78 Å². The monoisotopic (exact) mass is 289 g/mol. The minimum Gasteiger partial charge on any atom is -0.450 e. The van der Waals surface area contributed by atoms with Crippen LogP contribution < -0.4 is 5.32 Å². The lowest BCUT2D eigenvalue weighted by Gasteiger charge is -2.35. The van der Waals surface area contributed by atoms with Gasteiger partial charge in [-0.1, -0.05) is 25.5 Å². The molecule has 0 saturated carbocycles. The lowest BCUT2D eigenvalue weighted by Crippen LogP contribution is -2.42. The molecule has 0 spiro atoms. The Morgan fingerprint density at radius 2 is 2.14 bits per heavy atom. The molecular weight excluding hydrogens is 269 g/mol. The van der Waals surface area contributed by atoms with E-state index in [1.807, 2.05) is 0 Å². The highest BCUT2D eigenvalue weighted by Gasteiger charge is 2.40. The van der Waals surface area contributed by atoms with Crippen LogP contribution >= 0.6 is 0 Å². The number of Topliss-reactive ketones (excluding diaryl/α,β-unsaturated/α-hetero) is 1. The fraction of sp³-hybridized carbons (Fsp3) is 0.471. The van der Waals surface area contributed by atoms with E-state index >= 15 is 0 Å². The maximum atomic E-state index is 13.7. The first-order valence-corrected chi connectivity index (χ1v) is 7.60. The normalized spacial score (nSPS) is 18.0. The van der Waals surface area contributed by atoms with Gasteiger partial charge in [-0.2, -0.15) is 0 Å². The van der Waals surface area contributed by atoms with Gasteiger partial charge in [-0.15, -0.1) is 0 Å². The molecule has 0 unspecified atom stereocenters. The number of carbonyl (C=O) groups excluding carboxylic acids is 1. The zero-order valence-corrected chi connectivity index (χ0v) is 12.2. The lowest BCUT2D eigenvalue weighted by molar-refractivity contribution is 0.0675. The first-order chi connectivity index (χ1) is 10.2. The molecule has 0 amide bonds. The molecule has 112 valence electrons. The number of halogens is 1. The zero-order chi connectivity index (χ0) is 14.9. The quantitative estimate of drug-likeness (QED) is 0.867. The van der Waals surface area contributed by atoms with Crippen molar-refractivity contribution in [2.75, 3.05) is 13.1 Å². The second-order valence-corrected chi connectivity index (χ2v) is 5.88. The van der Waals surface area contributed by atoms with Gasteiger partial charge in [0.15, 0.2) is 17.2 Å². The summed E-state index contributed by atoms with van der Waals surface area (Å²) in [5.41, 5.74) is -0.175. The van der Waals surface area contributed by atoms with Crippen molar-refractivity contribution >= 4 is 16.8 Å². The molecule has 0 atom stereocenters. The molecule has 2 heterocycles. The Hall–Kier alpha value is -1.68. The van der Waals surface area contributed by atoms with E-state index in [1.54, 1.807) is 18.2 Å². The summed E-state index contributed by atoms with van der Waals surface area (Å²) in [6.45, 7) is 3.79. The molecule has 1 aliphatic heterocycles. The van der Waals surface area contributed by atoms with Gasteiger partial charge in [0, 0.05) is 10.8 Å². The van der Waals surface area contributed by atoms with Crippen LogP contribution in [0.5, 0.6) is 0 Å². The van der Waals surface area contributed by atoms with E-state index < -0.39 is 5.82 Å². The molecule has 0 radical (unpaired) electrons. The number of hydrogen-bond donors (Lipinski definition) is 1. The lowest BCUT2D eigenvalue weighted by atomic mass is 9.71. The molecule has 1 saturated heterocycles. The fourth-order valence-electron chi connectivity index (χ4n) is 3.38. The number of benzene rings is 1. The maximum Gasteiger partial charge on any atom is 0.204 e. The minimum absolute atomic E-state index is 0.0291. The summed E-state index contributed by atoms with van der Waals surface area (Å²) >= 11 is 0. The van der Waals surface area contributed by atoms with Crippen molar-refractivity contribution in [2.24, 2.45) is 5.41 Å². The third-order valence-corrected chi connectivity index (χ3v) is 4.49. The predicted octanol–water partition coefficient (Wildman–Crippen LogP) is 3.92. The molecule has 1 aromatic heterocycles. The Balaban J connectivity index is 1.99. The van der Waals surface area contributed by atoms with E-state index in [0.29, 0.717) is 11.1 Å². The van der Waals surface area contributed by atoms with Crippen LogP contribution in [0.4, 0.5) is 4.39 Å². The largest absolute Gasteiger partial charge is 0.450 e. The van der Waals surface area contributed by atoms with Gasteiger partial charge in [-0.3, -0.25) is 4.79 Å². The number of piperidine rings is 1. The van der Waals surface area contributed by atoms with Crippen molar-refractivity contribution in [3.63, 3.8) is 0 Å². The zero-order valence-electron chi connectivity index (χ0n) is 12.2. The standard InChI is InChI=1S/C17H20FNO2/c1-2-6-17(7-9-19-10-8-17)16(20)14-11-12-4-3-5-13(18)15(12)21-14/h3-5,11,19H,2,6-10H2,1H3. The van der Waals surface area contributed by atoms with Gasteiger partial charge < -0.3 is 9.73 Å². The first kappa shape index (κ1) is 14.3. The fourth-order valence-corrected chi connectivity index (χ4v) is 3.38. The van der Waals surface area contributed by atoms with E-state index in [-0.39, 0.29) is 16.8 Å². The van der Waals surface area contributed by atoms with Crippen LogP contribution in [-0.2, 0) is 0 Å². The molecule has 3 nitrogen and oxygen atoms in total. The van der Waals surface area contributed by atoms with E-state index in [9.17, 15) is 9.18 Å². The number of fused-ring (bicyclic) bond motifs is 1. The van der Waals surface area contributed by atoms with Crippen LogP contribution in [-0.4, -0.2) is 18.9 Å². The van der Waals surface area contributed by atoms with Gasteiger partial charge in [0.25, 0.3) is 0 Å². The molecule has 1 aromatic carbocycles. The Kier molecular flexibility index (Phi) is 3.81. The van der Waals surface area contributed by atoms with Crippen molar-refractivity contribution in [3.8, 4) is 0 Å². The van der Waals surface area contributed by atoms with E-state index in [0.717, 1.165) is 38.8 Å². The highest BCUT2D eigenvalue weighted by Crippen LogP contribution is 2.38. The van der Waals surface area contributed by atoms with Crippen LogP contribution in [0.3, 0.4) is 0 Å². The van der Waals surface area contributed by atoms with Crippen LogP contribution in [0.15, 0.2) is 28.7 Å². The van der Waals surface area contributed by atoms with Crippen LogP contribution in [0.25, 0.3) is 11.0 Å². The topological polar surface area (TPSA) is 42.2 Å². The average molecular weight is 289 g/mol. The van der Waals surface area contributed by atoms with Crippen LogP contribution in [0, 0.1) is 11.2 Å². The second-order valence-electron chi connectivity index (χ2n) is 5.88. The molecule has 2 aromatic rings. The maximum absolute atomic E-state index is 13.7. The van der Waals surface area contributed by atoms with Gasteiger partial charge in [0.1, 0.15) is 0 Å². The minimum atomic E-state index is -0.415. The first-order valence-electron chi connectivity index (χ1n) is 7.60. The molecular formula is C17H20FNO2. The molecule has 0 aliphatic carbocycles. The number of para-hydroxylation sites is 1. The summed E-state index contributed by atoms with van der Waals surface area (Å²) in [6.07, 6.45) is 3.45. The van der Waals surface area contributed by atoms with E-state index in [1.165, 1.54) is 6.07 Å². The molecule has 4 heteroatoms. The van der Waals surface area contributed by atoms with Crippen molar-refractivity contribution in [1.82, 2.24) is 5.32 Å². The summed E-state index contributed by atoms with van der Waals surface area (Å²) in [7, 11) is 0. The van der Waals surface area contributed by atoms with Gasteiger partial charge >= 0.3 is 0 Å².